The number of carbonyl (C=O) groups excluding carboxylic acids is 1. The lowest BCUT2D eigenvalue weighted by Gasteiger charge is -2.34. The second-order valence-electron chi connectivity index (χ2n) is 6.05. The van der Waals surface area contributed by atoms with Crippen LogP contribution in [0.2, 0.25) is 0 Å². The number of carbonyl (C=O) groups is 1. The molecule has 0 spiro atoms. The summed E-state index contributed by atoms with van der Waals surface area (Å²) in [6.07, 6.45) is 5.24. The highest BCUT2D eigenvalue weighted by Gasteiger charge is 2.50. The van der Waals surface area contributed by atoms with E-state index in [0.29, 0.717) is 32.5 Å². The average molecular weight is 288 g/mol. The van der Waals surface area contributed by atoms with Gasteiger partial charge in [0.2, 0.25) is 5.91 Å². The SMILES string of the molecule is CCC1(CNC(=O)C2(S(C)(=O)=O)CCNCC2)CC1. The summed E-state index contributed by atoms with van der Waals surface area (Å²) in [4.78, 5) is 12.4. The standard InChI is InChI=1S/C13H24N2O3S/c1-3-12(4-5-12)10-15-11(16)13(19(2,17)18)6-8-14-9-7-13/h14H,3-10H2,1-2H3,(H,15,16). The van der Waals surface area contributed by atoms with Gasteiger partial charge in [-0.3, -0.25) is 4.79 Å². The minimum atomic E-state index is -3.39. The van der Waals surface area contributed by atoms with Crippen LogP contribution in [0.3, 0.4) is 0 Å². The number of rotatable bonds is 5. The number of nitrogens with one attached hydrogen (secondary N) is 2. The Morgan fingerprint density at radius 1 is 1.21 bits per heavy atom. The molecule has 2 fully saturated rings. The van der Waals surface area contributed by atoms with Crippen molar-refractivity contribution in [2.45, 2.75) is 43.8 Å². The summed E-state index contributed by atoms with van der Waals surface area (Å²) in [6, 6.07) is 0. The Morgan fingerprint density at radius 2 is 1.79 bits per heavy atom. The molecule has 0 bridgehead atoms. The first-order valence-corrected chi connectivity index (χ1v) is 8.93. The molecule has 0 aromatic heterocycles. The van der Waals surface area contributed by atoms with Crippen LogP contribution in [0.5, 0.6) is 0 Å². The van der Waals surface area contributed by atoms with E-state index in [1.807, 2.05) is 0 Å². The molecule has 2 rings (SSSR count). The van der Waals surface area contributed by atoms with Crippen molar-refractivity contribution in [3.8, 4) is 0 Å². The predicted octanol–water partition coefficient (Wildman–Crippen LogP) is 0.460. The molecule has 1 heterocycles. The van der Waals surface area contributed by atoms with Crippen molar-refractivity contribution in [3.05, 3.63) is 0 Å². The topological polar surface area (TPSA) is 75.3 Å². The van der Waals surface area contributed by atoms with Crippen molar-refractivity contribution in [1.82, 2.24) is 10.6 Å². The predicted molar refractivity (Wildman–Crippen MR) is 74.6 cm³/mol. The van der Waals surface area contributed by atoms with Gasteiger partial charge >= 0.3 is 0 Å². The fraction of sp³-hybridized carbons (Fsp3) is 0.923. The van der Waals surface area contributed by atoms with Gasteiger partial charge in [0.25, 0.3) is 0 Å². The van der Waals surface area contributed by atoms with Crippen LogP contribution in [0.15, 0.2) is 0 Å². The Balaban J connectivity index is 2.08. The second kappa shape index (κ2) is 5.05. The highest BCUT2D eigenvalue weighted by atomic mass is 32.2. The van der Waals surface area contributed by atoms with Crippen LogP contribution in [0.1, 0.15) is 39.0 Å². The molecule has 110 valence electrons. The number of hydrogen-bond acceptors (Lipinski definition) is 4. The van der Waals surface area contributed by atoms with Gasteiger partial charge in [-0.2, -0.15) is 0 Å². The van der Waals surface area contributed by atoms with Crippen LogP contribution in [-0.4, -0.2) is 45.0 Å². The summed E-state index contributed by atoms with van der Waals surface area (Å²) in [6.45, 7) is 3.90. The maximum atomic E-state index is 12.4. The Labute approximate surface area is 115 Å². The third-order valence-corrected chi connectivity index (χ3v) is 6.88. The summed E-state index contributed by atoms with van der Waals surface area (Å²) in [5.41, 5.74) is 0.237. The van der Waals surface area contributed by atoms with Crippen molar-refractivity contribution in [3.63, 3.8) is 0 Å². The van der Waals surface area contributed by atoms with Crippen molar-refractivity contribution in [1.29, 1.82) is 0 Å². The van der Waals surface area contributed by atoms with Crippen molar-refractivity contribution in [2.75, 3.05) is 25.9 Å². The van der Waals surface area contributed by atoms with E-state index in [1.54, 1.807) is 0 Å². The number of hydrogen-bond donors (Lipinski definition) is 2. The average Bonchev–Trinajstić information content (AvgIpc) is 3.16. The molecule has 1 aliphatic heterocycles. The first kappa shape index (κ1) is 14.8. The van der Waals surface area contributed by atoms with E-state index in [-0.39, 0.29) is 11.3 Å². The Bertz CT molecular complexity index is 449. The van der Waals surface area contributed by atoms with E-state index in [1.165, 1.54) is 6.26 Å². The van der Waals surface area contributed by atoms with Crippen LogP contribution in [-0.2, 0) is 14.6 Å². The monoisotopic (exact) mass is 288 g/mol. The maximum Gasteiger partial charge on any atom is 0.241 e. The molecule has 0 radical (unpaired) electrons. The lowest BCUT2D eigenvalue weighted by Crippen LogP contribution is -2.57. The van der Waals surface area contributed by atoms with E-state index in [4.69, 9.17) is 0 Å². The van der Waals surface area contributed by atoms with Crippen LogP contribution in [0.25, 0.3) is 0 Å². The van der Waals surface area contributed by atoms with E-state index >= 15 is 0 Å². The summed E-state index contributed by atoms with van der Waals surface area (Å²) < 4.78 is 22.9. The summed E-state index contributed by atoms with van der Waals surface area (Å²) >= 11 is 0. The molecule has 19 heavy (non-hydrogen) atoms. The molecule has 0 aromatic rings. The third-order valence-electron chi connectivity index (χ3n) is 4.87. The zero-order valence-corrected chi connectivity index (χ0v) is 12.6. The third kappa shape index (κ3) is 2.79. The molecule has 5 nitrogen and oxygen atoms in total. The number of amides is 1. The lowest BCUT2D eigenvalue weighted by molar-refractivity contribution is -0.124. The van der Waals surface area contributed by atoms with Crippen LogP contribution >= 0.6 is 0 Å². The molecule has 0 unspecified atom stereocenters. The zero-order chi connectivity index (χ0) is 14.1. The highest BCUT2D eigenvalue weighted by molar-refractivity contribution is 7.92. The molecular formula is C13H24N2O3S. The molecule has 1 aliphatic carbocycles. The Morgan fingerprint density at radius 3 is 2.21 bits per heavy atom. The highest BCUT2D eigenvalue weighted by Crippen LogP contribution is 2.48. The van der Waals surface area contributed by atoms with E-state index < -0.39 is 14.6 Å². The first-order chi connectivity index (χ1) is 8.85. The van der Waals surface area contributed by atoms with Gasteiger partial charge in [-0.05, 0) is 50.6 Å². The number of piperidine rings is 1. The minimum absolute atomic E-state index is 0.237. The smallest absolute Gasteiger partial charge is 0.241 e. The maximum absolute atomic E-state index is 12.4. The van der Waals surface area contributed by atoms with E-state index in [9.17, 15) is 13.2 Å². The minimum Gasteiger partial charge on any atom is -0.354 e. The fourth-order valence-corrected chi connectivity index (χ4v) is 4.21. The van der Waals surface area contributed by atoms with Crippen molar-refractivity contribution in [2.24, 2.45) is 5.41 Å². The Hall–Kier alpha value is -0.620. The second-order valence-corrected chi connectivity index (χ2v) is 8.38. The van der Waals surface area contributed by atoms with Crippen LogP contribution in [0, 0.1) is 5.41 Å². The van der Waals surface area contributed by atoms with Gasteiger partial charge in [0.1, 0.15) is 0 Å². The molecule has 2 aliphatic rings. The van der Waals surface area contributed by atoms with Gasteiger partial charge in [0.05, 0.1) is 0 Å². The summed E-state index contributed by atoms with van der Waals surface area (Å²) in [7, 11) is -3.39. The number of sulfone groups is 1. The molecule has 2 N–H and O–H groups in total. The molecule has 0 atom stereocenters. The van der Waals surface area contributed by atoms with Gasteiger partial charge in [-0.25, -0.2) is 8.42 Å². The Kier molecular flexibility index (Phi) is 3.93. The van der Waals surface area contributed by atoms with Gasteiger partial charge in [-0.15, -0.1) is 0 Å². The van der Waals surface area contributed by atoms with Crippen molar-refractivity contribution >= 4 is 15.7 Å². The molecule has 1 amide bonds. The van der Waals surface area contributed by atoms with Crippen LogP contribution < -0.4 is 10.6 Å². The summed E-state index contributed by atoms with van der Waals surface area (Å²) in [5, 5.41) is 6.03. The van der Waals surface area contributed by atoms with Gasteiger partial charge in [0.15, 0.2) is 14.6 Å². The molecule has 0 aromatic carbocycles. The largest absolute Gasteiger partial charge is 0.354 e. The molecule has 1 saturated heterocycles. The normalized spacial score (nSPS) is 24.7. The fourth-order valence-electron chi connectivity index (χ4n) is 2.86. The van der Waals surface area contributed by atoms with E-state index in [0.717, 1.165) is 19.3 Å². The lowest BCUT2D eigenvalue weighted by atomic mass is 9.95. The molecule has 1 saturated carbocycles. The quantitative estimate of drug-likeness (QED) is 0.770. The molecular weight excluding hydrogens is 264 g/mol. The van der Waals surface area contributed by atoms with Gasteiger partial charge in [-0.1, -0.05) is 6.92 Å². The van der Waals surface area contributed by atoms with Crippen molar-refractivity contribution < 1.29 is 13.2 Å². The van der Waals surface area contributed by atoms with Gasteiger partial charge < -0.3 is 10.6 Å². The molecule has 6 heteroatoms. The first-order valence-electron chi connectivity index (χ1n) is 7.04. The zero-order valence-electron chi connectivity index (χ0n) is 11.8. The van der Waals surface area contributed by atoms with Crippen LogP contribution in [0.4, 0.5) is 0 Å². The summed E-state index contributed by atoms with van der Waals surface area (Å²) in [5.74, 6) is -0.295. The van der Waals surface area contributed by atoms with Gasteiger partial charge in [0, 0.05) is 12.8 Å². The van der Waals surface area contributed by atoms with E-state index in [2.05, 4.69) is 17.6 Å².